The minimum Gasteiger partial charge on any atom is -0.493 e. The van der Waals surface area contributed by atoms with E-state index in [4.69, 9.17) is 9.47 Å². The highest BCUT2D eigenvalue weighted by Crippen LogP contribution is 2.36. The molecule has 27 heavy (non-hydrogen) atoms. The molecule has 0 atom stereocenters. The molecule has 0 saturated heterocycles. The zero-order chi connectivity index (χ0) is 20.0. The highest BCUT2D eigenvalue weighted by Gasteiger charge is 2.23. The Morgan fingerprint density at radius 2 is 2.11 bits per heavy atom. The maximum absolute atomic E-state index is 12.5. The monoisotopic (exact) mass is 400 g/mol. The van der Waals surface area contributed by atoms with Gasteiger partial charge in [-0.05, 0) is 24.5 Å². The first-order chi connectivity index (χ1) is 12.9. The van der Waals surface area contributed by atoms with Crippen LogP contribution in [0.3, 0.4) is 0 Å². The van der Waals surface area contributed by atoms with Gasteiger partial charge in [0.05, 0.1) is 29.2 Å². The Labute approximate surface area is 156 Å². The van der Waals surface area contributed by atoms with Crippen molar-refractivity contribution < 1.29 is 32.7 Å². The number of aromatic nitrogens is 1. The van der Waals surface area contributed by atoms with Gasteiger partial charge >= 0.3 is 12.6 Å². The Balaban J connectivity index is 2.29. The molecule has 144 valence electrons. The second kappa shape index (κ2) is 9.12. The number of pyridine rings is 1. The van der Waals surface area contributed by atoms with Gasteiger partial charge in [-0.2, -0.15) is 8.78 Å². The van der Waals surface area contributed by atoms with Crippen LogP contribution < -0.4 is 9.47 Å². The van der Waals surface area contributed by atoms with Crippen molar-refractivity contribution in [1.82, 2.24) is 4.98 Å². The average molecular weight is 400 g/mol. The Hall–Kier alpha value is -2.95. The number of carbonyl (C=O) groups is 1. The van der Waals surface area contributed by atoms with Crippen LogP contribution in [0.5, 0.6) is 11.5 Å². The molecule has 2 rings (SSSR count). The number of thioether (sulfide) groups is 1. The Bertz CT molecular complexity index is 850. The molecule has 2 aromatic rings. The fraction of sp³-hybridized carbons (Fsp3) is 0.250. The second-order valence-corrected chi connectivity index (χ2v) is 5.70. The summed E-state index contributed by atoms with van der Waals surface area (Å²) in [5.74, 6) is -1.38. The van der Waals surface area contributed by atoms with Gasteiger partial charge < -0.3 is 14.2 Å². The van der Waals surface area contributed by atoms with Crippen molar-refractivity contribution in [1.29, 1.82) is 0 Å². The van der Waals surface area contributed by atoms with E-state index in [1.54, 1.807) is 12.3 Å². The van der Waals surface area contributed by atoms with Crippen molar-refractivity contribution in [3.63, 3.8) is 0 Å². The third-order valence-corrected chi connectivity index (χ3v) is 4.03. The van der Waals surface area contributed by atoms with E-state index in [-0.39, 0.29) is 16.9 Å². The number of alkyl halides is 2. The SMILES string of the molecule is COc1cc(COC(=O)c2cccnc2SC)c([N+](=O)[O-])cc1OC(F)F. The van der Waals surface area contributed by atoms with E-state index in [0.29, 0.717) is 5.03 Å². The van der Waals surface area contributed by atoms with Crippen molar-refractivity contribution in [2.75, 3.05) is 13.4 Å². The van der Waals surface area contributed by atoms with Crippen molar-refractivity contribution in [3.05, 3.63) is 51.7 Å². The highest BCUT2D eigenvalue weighted by atomic mass is 32.2. The summed E-state index contributed by atoms with van der Waals surface area (Å²) in [7, 11) is 1.19. The van der Waals surface area contributed by atoms with E-state index in [1.165, 1.54) is 31.1 Å². The van der Waals surface area contributed by atoms with Gasteiger partial charge in [0.15, 0.2) is 11.5 Å². The smallest absolute Gasteiger partial charge is 0.387 e. The summed E-state index contributed by atoms with van der Waals surface area (Å²) in [5.41, 5.74) is -0.380. The lowest BCUT2D eigenvalue weighted by atomic mass is 10.1. The number of hydrogen-bond donors (Lipinski definition) is 0. The van der Waals surface area contributed by atoms with Crippen LogP contribution in [-0.2, 0) is 11.3 Å². The lowest BCUT2D eigenvalue weighted by Crippen LogP contribution is -2.10. The maximum Gasteiger partial charge on any atom is 0.387 e. The maximum atomic E-state index is 12.5. The lowest BCUT2D eigenvalue weighted by Gasteiger charge is -2.12. The van der Waals surface area contributed by atoms with Crippen molar-refractivity contribution in [2.24, 2.45) is 0 Å². The molecule has 1 aromatic heterocycles. The number of esters is 1. The van der Waals surface area contributed by atoms with Gasteiger partial charge in [-0.15, -0.1) is 11.8 Å². The van der Waals surface area contributed by atoms with Crippen LogP contribution in [0.15, 0.2) is 35.5 Å². The zero-order valence-electron chi connectivity index (χ0n) is 14.2. The molecule has 0 aliphatic rings. The van der Waals surface area contributed by atoms with Crippen molar-refractivity contribution in [2.45, 2.75) is 18.2 Å². The number of rotatable bonds is 8. The molecule has 0 saturated carbocycles. The first-order valence-electron chi connectivity index (χ1n) is 7.33. The van der Waals surface area contributed by atoms with E-state index in [9.17, 15) is 23.7 Å². The first-order valence-corrected chi connectivity index (χ1v) is 8.56. The van der Waals surface area contributed by atoms with Gasteiger partial charge in [-0.1, -0.05) is 0 Å². The molecule has 0 radical (unpaired) electrons. The van der Waals surface area contributed by atoms with E-state index in [1.807, 2.05) is 0 Å². The number of nitro groups is 1. The molecule has 8 nitrogen and oxygen atoms in total. The number of nitro benzene ring substituents is 1. The molecule has 0 unspecified atom stereocenters. The molecule has 0 amide bonds. The molecule has 1 heterocycles. The number of halogens is 2. The number of nitrogens with zero attached hydrogens (tertiary/aromatic N) is 2. The molecule has 1 aromatic carbocycles. The van der Waals surface area contributed by atoms with Crippen LogP contribution in [0.4, 0.5) is 14.5 Å². The standard InChI is InChI=1S/C16H14F2N2O6S/c1-24-12-6-9(11(20(22)23)7-13(12)26-16(17)18)8-25-15(21)10-4-3-5-19-14(10)27-2/h3-7,16H,8H2,1-2H3. The molecule has 0 N–H and O–H groups in total. The summed E-state index contributed by atoms with van der Waals surface area (Å²) in [4.78, 5) is 26.7. The van der Waals surface area contributed by atoms with Crippen LogP contribution in [0, 0.1) is 10.1 Å². The summed E-state index contributed by atoms with van der Waals surface area (Å²) >= 11 is 1.24. The molecular formula is C16H14F2N2O6S. The van der Waals surface area contributed by atoms with Gasteiger partial charge in [-0.3, -0.25) is 10.1 Å². The number of ether oxygens (including phenoxy) is 3. The number of hydrogen-bond acceptors (Lipinski definition) is 8. The van der Waals surface area contributed by atoms with Gasteiger partial charge in [0.1, 0.15) is 11.6 Å². The summed E-state index contributed by atoms with van der Waals surface area (Å²) in [6.07, 6.45) is 3.25. The first kappa shape index (κ1) is 20.4. The van der Waals surface area contributed by atoms with Gasteiger partial charge in [0.25, 0.3) is 5.69 Å². The number of carbonyl (C=O) groups excluding carboxylic acids is 1. The molecule has 11 heteroatoms. The molecule has 0 aliphatic heterocycles. The van der Waals surface area contributed by atoms with E-state index >= 15 is 0 Å². The van der Waals surface area contributed by atoms with Gasteiger partial charge in [0, 0.05) is 6.20 Å². The molecule has 0 aliphatic carbocycles. The third-order valence-electron chi connectivity index (χ3n) is 3.32. The quantitative estimate of drug-likeness (QED) is 0.286. The van der Waals surface area contributed by atoms with Gasteiger partial charge in [-0.25, -0.2) is 9.78 Å². The normalized spacial score (nSPS) is 10.6. The molecule has 0 spiro atoms. The number of benzene rings is 1. The Kier molecular flexibility index (Phi) is 6.88. The fourth-order valence-electron chi connectivity index (χ4n) is 2.15. The van der Waals surface area contributed by atoms with Crippen molar-refractivity contribution >= 4 is 23.4 Å². The van der Waals surface area contributed by atoms with Crippen molar-refractivity contribution in [3.8, 4) is 11.5 Å². The third kappa shape index (κ3) is 5.03. The topological polar surface area (TPSA) is 101 Å². The predicted molar refractivity (Wildman–Crippen MR) is 91.4 cm³/mol. The minimum absolute atomic E-state index is 0.0404. The van der Waals surface area contributed by atoms with Crippen LogP contribution in [0.2, 0.25) is 0 Å². The summed E-state index contributed by atoms with van der Waals surface area (Å²) in [6.45, 7) is -3.65. The average Bonchev–Trinajstić information content (AvgIpc) is 2.65. The largest absolute Gasteiger partial charge is 0.493 e. The van der Waals surface area contributed by atoms with E-state index < -0.39 is 35.5 Å². The van der Waals surface area contributed by atoms with Crippen LogP contribution >= 0.6 is 11.8 Å². The van der Waals surface area contributed by atoms with Crippen LogP contribution in [0.1, 0.15) is 15.9 Å². The molecule has 0 bridgehead atoms. The molecular weight excluding hydrogens is 386 g/mol. The minimum atomic E-state index is -3.18. The van der Waals surface area contributed by atoms with Crippen LogP contribution in [-0.4, -0.2) is 35.9 Å². The van der Waals surface area contributed by atoms with E-state index in [0.717, 1.165) is 12.1 Å². The highest BCUT2D eigenvalue weighted by molar-refractivity contribution is 7.98. The Morgan fingerprint density at radius 1 is 1.37 bits per heavy atom. The summed E-state index contributed by atoms with van der Waals surface area (Å²) < 4.78 is 39.2. The second-order valence-electron chi connectivity index (χ2n) is 4.90. The predicted octanol–water partition coefficient (Wildman–Crippen LogP) is 3.68. The molecule has 0 fully saturated rings. The summed E-state index contributed by atoms with van der Waals surface area (Å²) in [6, 6.07) is 4.97. The van der Waals surface area contributed by atoms with Crippen LogP contribution in [0.25, 0.3) is 0 Å². The zero-order valence-corrected chi connectivity index (χ0v) is 15.0. The fourth-order valence-corrected chi connectivity index (χ4v) is 2.69. The lowest BCUT2D eigenvalue weighted by molar-refractivity contribution is -0.386. The summed E-state index contributed by atoms with van der Waals surface area (Å²) in [5, 5.41) is 11.7. The Morgan fingerprint density at radius 3 is 2.70 bits per heavy atom. The van der Waals surface area contributed by atoms with E-state index in [2.05, 4.69) is 9.72 Å². The van der Waals surface area contributed by atoms with Gasteiger partial charge in [0.2, 0.25) is 0 Å². The number of methoxy groups -OCH3 is 1.